The molecule has 9 heteroatoms. The Balaban J connectivity index is 3.53. The molecule has 0 aromatic carbocycles. The quantitative estimate of drug-likeness (QED) is 0.782. The van der Waals surface area contributed by atoms with Gasteiger partial charge in [-0.05, 0) is 12.5 Å². The molecule has 0 aliphatic heterocycles. The minimum atomic E-state index is -3.91. The monoisotopic (exact) mass is 294 g/mol. The van der Waals surface area contributed by atoms with Gasteiger partial charge in [0.1, 0.15) is 4.21 Å². The van der Waals surface area contributed by atoms with Gasteiger partial charge >= 0.3 is 0 Å². The maximum atomic E-state index is 10.9. The first-order valence-electron chi connectivity index (χ1n) is 3.11. The highest BCUT2D eigenvalue weighted by Crippen LogP contribution is 2.33. The van der Waals surface area contributed by atoms with E-state index >= 15 is 0 Å². The molecule has 0 saturated heterocycles. The van der Waals surface area contributed by atoms with Crippen LogP contribution in [0.15, 0.2) is 14.5 Å². The van der Waals surface area contributed by atoms with E-state index in [1.165, 1.54) is 6.92 Å². The lowest BCUT2D eigenvalue weighted by Gasteiger charge is -1.95. The minimum Gasteiger partial charge on any atom is -0.207 e. The van der Waals surface area contributed by atoms with Gasteiger partial charge in [-0.2, -0.15) is 0 Å². The molecular weight excluding hydrogens is 291 g/mol. The van der Waals surface area contributed by atoms with Gasteiger partial charge in [0.2, 0.25) is 0 Å². The van der Waals surface area contributed by atoms with E-state index in [2.05, 4.69) is 0 Å². The van der Waals surface area contributed by atoms with E-state index in [1.54, 1.807) is 0 Å². The third-order valence-electron chi connectivity index (χ3n) is 1.43. The van der Waals surface area contributed by atoms with E-state index in [0.29, 0.717) is 0 Å². The summed E-state index contributed by atoms with van der Waals surface area (Å²) in [4.78, 5) is -0.219. The van der Waals surface area contributed by atoms with Crippen LogP contribution in [0.4, 0.5) is 0 Å². The van der Waals surface area contributed by atoms with Crippen LogP contribution in [-0.2, 0) is 18.1 Å². The molecule has 0 N–H and O–H groups in total. The molecule has 0 spiro atoms. The maximum Gasteiger partial charge on any atom is 0.271 e. The molecule has 0 fully saturated rings. The zero-order valence-electron chi connectivity index (χ0n) is 6.69. The molecule has 1 rings (SSSR count). The van der Waals surface area contributed by atoms with Crippen molar-refractivity contribution < 1.29 is 16.8 Å². The SMILES string of the molecule is Cc1c(S(=O)(=O)Cl)csc1S(=O)(=O)Cl. The zero-order chi connectivity index (χ0) is 11.1. The van der Waals surface area contributed by atoms with Crippen LogP contribution >= 0.6 is 32.7 Å². The van der Waals surface area contributed by atoms with Crippen molar-refractivity contribution in [1.29, 1.82) is 0 Å². The largest absolute Gasteiger partial charge is 0.271 e. The van der Waals surface area contributed by atoms with Crippen molar-refractivity contribution in [3.63, 3.8) is 0 Å². The third kappa shape index (κ3) is 2.40. The summed E-state index contributed by atoms with van der Waals surface area (Å²) in [6.07, 6.45) is 0. The van der Waals surface area contributed by atoms with Crippen LogP contribution in [-0.4, -0.2) is 16.8 Å². The van der Waals surface area contributed by atoms with E-state index in [-0.39, 0.29) is 14.7 Å². The highest BCUT2D eigenvalue weighted by atomic mass is 35.7. The summed E-state index contributed by atoms with van der Waals surface area (Å²) < 4.78 is 43.5. The number of hydrogen-bond donors (Lipinski definition) is 0. The molecule has 0 aliphatic carbocycles. The predicted octanol–water partition coefficient (Wildman–Crippen LogP) is 1.91. The van der Waals surface area contributed by atoms with Crippen molar-refractivity contribution >= 4 is 50.8 Å². The molecule has 1 heterocycles. The molecule has 0 unspecified atom stereocenters. The molecule has 1 aromatic heterocycles. The second-order valence-electron chi connectivity index (χ2n) is 2.39. The molecule has 0 bridgehead atoms. The van der Waals surface area contributed by atoms with Crippen molar-refractivity contribution in [1.82, 2.24) is 0 Å². The lowest BCUT2D eigenvalue weighted by molar-refractivity contribution is 0.609. The maximum absolute atomic E-state index is 10.9. The van der Waals surface area contributed by atoms with Gasteiger partial charge in [-0.3, -0.25) is 0 Å². The van der Waals surface area contributed by atoms with Gasteiger partial charge in [-0.15, -0.1) is 11.3 Å². The minimum absolute atomic E-state index is 0.0556. The number of thiophene rings is 1. The first-order valence-corrected chi connectivity index (χ1v) is 8.61. The van der Waals surface area contributed by atoms with E-state index < -0.39 is 18.1 Å². The smallest absolute Gasteiger partial charge is 0.207 e. The third-order valence-corrected chi connectivity index (χ3v) is 6.34. The Kier molecular flexibility index (Phi) is 3.18. The number of rotatable bonds is 2. The first-order chi connectivity index (χ1) is 6.14. The average molecular weight is 295 g/mol. The van der Waals surface area contributed by atoms with Crippen LogP contribution in [0.25, 0.3) is 0 Å². The lowest BCUT2D eigenvalue weighted by atomic mass is 10.4. The summed E-state index contributed by atoms with van der Waals surface area (Å²) in [5, 5.41) is 1.15. The summed E-state index contributed by atoms with van der Waals surface area (Å²) in [6, 6.07) is 0. The van der Waals surface area contributed by atoms with Crippen LogP contribution in [0.5, 0.6) is 0 Å². The van der Waals surface area contributed by atoms with E-state index in [1.807, 2.05) is 0 Å². The lowest BCUT2D eigenvalue weighted by Crippen LogP contribution is -1.94. The first kappa shape index (κ1) is 12.3. The van der Waals surface area contributed by atoms with Crippen molar-refractivity contribution in [3.8, 4) is 0 Å². The second-order valence-corrected chi connectivity index (χ2v) is 8.56. The predicted molar refractivity (Wildman–Crippen MR) is 55.1 cm³/mol. The van der Waals surface area contributed by atoms with Gasteiger partial charge in [0, 0.05) is 26.7 Å². The van der Waals surface area contributed by atoms with Gasteiger partial charge in [0.15, 0.2) is 0 Å². The fraction of sp³-hybridized carbons (Fsp3) is 0.200. The van der Waals surface area contributed by atoms with Crippen LogP contribution in [0.1, 0.15) is 5.56 Å². The summed E-state index contributed by atoms with van der Waals surface area (Å²) in [5.74, 6) is 0. The Bertz CT molecular complexity index is 504. The van der Waals surface area contributed by atoms with Crippen LogP contribution in [0.2, 0.25) is 0 Å². The highest BCUT2D eigenvalue weighted by Gasteiger charge is 2.24. The van der Waals surface area contributed by atoms with Gasteiger partial charge < -0.3 is 0 Å². The average Bonchev–Trinajstić information content (AvgIpc) is 2.26. The molecule has 0 atom stereocenters. The van der Waals surface area contributed by atoms with Crippen LogP contribution < -0.4 is 0 Å². The molecular formula is C5H4Cl2O4S3. The van der Waals surface area contributed by atoms with E-state index in [9.17, 15) is 16.8 Å². The van der Waals surface area contributed by atoms with Crippen molar-refractivity contribution in [2.75, 3.05) is 0 Å². The Morgan fingerprint density at radius 3 is 1.86 bits per heavy atom. The van der Waals surface area contributed by atoms with Crippen molar-refractivity contribution in [2.24, 2.45) is 0 Å². The standard InChI is InChI=1S/C5H4Cl2O4S3/c1-3-4(13(6,8)9)2-12-5(3)14(7,10)11/h2H,1H3. The summed E-state index contributed by atoms with van der Waals surface area (Å²) in [5.41, 5.74) is 0.0556. The number of halogens is 2. The molecule has 80 valence electrons. The normalized spacial score (nSPS) is 13.1. The summed E-state index contributed by atoms with van der Waals surface area (Å²) in [6.45, 7) is 1.33. The Morgan fingerprint density at radius 1 is 1.14 bits per heavy atom. The Labute approximate surface area is 94.3 Å². The molecule has 1 aromatic rings. The fourth-order valence-electron chi connectivity index (χ4n) is 0.865. The van der Waals surface area contributed by atoms with Crippen LogP contribution in [0.3, 0.4) is 0 Å². The molecule has 0 amide bonds. The van der Waals surface area contributed by atoms with E-state index in [4.69, 9.17) is 21.4 Å². The van der Waals surface area contributed by atoms with Gasteiger partial charge in [-0.1, -0.05) is 0 Å². The molecule has 0 radical (unpaired) electrons. The summed E-state index contributed by atoms with van der Waals surface area (Å²) in [7, 11) is 2.32. The van der Waals surface area contributed by atoms with E-state index in [0.717, 1.165) is 16.7 Å². The van der Waals surface area contributed by atoms with Gasteiger partial charge in [0.25, 0.3) is 18.1 Å². The highest BCUT2D eigenvalue weighted by molar-refractivity contribution is 8.15. The Morgan fingerprint density at radius 2 is 1.64 bits per heavy atom. The topological polar surface area (TPSA) is 68.3 Å². The second kappa shape index (κ2) is 3.64. The molecule has 4 nitrogen and oxygen atoms in total. The zero-order valence-corrected chi connectivity index (χ0v) is 10.7. The molecule has 0 saturated carbocycles. The molecule has 14 heavy (non-hydrogen) atoms. The summed E-state index contributed by atoms with van der Waals surface area (Å²) >= 11 is 0.726. The Hall–Kier alpha value is 0.180. The van der Waals surface area contributed by atoms with Crippen molar-refractivity contribution in [3.05, 3.63) is 10.9 Å². The van der Waals surface area contributed by atoms with Gasteiger partial charge in [-0.25, -0.2) is 16.8 Å². The fourth-order valence-corrected chi connectivity index (χ4v) is 5.17. The van der Waals surface area contributed by atoms with Gasteiger partial charge in [0.05, 0.1) is 4.90 Å². The van der Waals surface area contributed by atoms with Crippen molar-refractivity contribution in [2.45, 2.75) is 16.0 Å². The number of hydrogen-bond acceptors (Lipinski definition) is 5. The van der Waals surface area contributed by atoms with Crippen LogP contribution in [0, 0.1) is 6.92 Å². The molecule has 0 aliphatic rings.